The average molecular weight is 446 g/mol. The van der Waals surface area contributed by atoms with Crippen LogP contribution in [0.4, 0.5) is 5.82 Å². The lowest BCUT2D eigenvalue weighted by atomic mass is 10.1. The molecule has 2 heterocycles. The number of hydrogen-bond acceptors (Lipinski definition) is 6. The van der Waals surface area contributed by atoms with Crippen LogP contribution in [-0.2, 0) is 22.5 Å². The number of amides is 1. The molecule has 8 nitrogen and oxygen atoms in total. The van der Waals surface area contributed by atoms with Crippen LogP contribution in [0.2, 0.25) is 0 Å². The van der Waals surface area contributed by atoms with Gasteiger partial charge in [-0.05, 0) is 18.9 Å². The number of aryl methyl sites for hydroxylation is 1. The second kappa shape index (κ2) is 10.2. The molecule has 0 saturated carbocycles. The number of methoxy groups -OCH3 is 1. The van der Waals surface area contributed by atoms with Crippen molar-refractivity contribution in [1.29, 1.82) is 0 Å². The predicted molar refractivity (Wildman–Crippen MR) is 128 cm³/mol. The smallest absolute Gasteiger partial charge is 0.292 e. The summed E-state index contributed by atoms with van der Waals surface area (Å²) in [6.45, 7) is 1.67. The van der Waals surface area contributed by atoms with Gasteiger partial charge in [-0.3, -0.25) is 9.59 Å². The second-order valence-corrected chi connectivity index (χ2v) is 7.79. The zero-order chi connectivity index (χ0) is 23.2. The van der Waals surface area contributed by atoms with E-state index in [2.05, 4.69) is 14.9 Å². The minimum absolute atomic E-state index is 0.390. The maximum atomic E-state index is 12.2. The third-order valence-corrected chi connectivity index (χ3v) is 5.56. The number of imidazole rings is 1. The molecule has 2 aromatic carbocycles. The Hall–Kier alpha value is -3.78. The van der Waals surface area contributed by atoms with Crippen LogP contribution in [-0.4, -0.2) is 46.5 Å². The van der Waals surface area contributed by atoms with Gasteiger partial charge in [0.25, 0.3) is 5.91 Å². The van der Waals surface area contributed by atoms with Crippen molar-refractivity contribution in [2.24, 2.45) is 0 Å². The van der Waals surface area contributed by atoms with Crippen LogP contribution in [0.5, 0.6) is 0 Å². The molecular formula is C25H27N5O3. The van der Waals surface area contributed by atoms with Gasteiger partial charge in [-0.15, -0.1) is 0 Å². The van der Waals surface area contributed by atoms with Gasteiger partial charge in [0.2, 0.25) is 5.78 Å². The summed E-state index contributed by atoms with van der Waals surface area (Å²) in [5.74, 6) is 0.195. The fourth-order valence-corrected chi connectivity index (χ4v) is 3.93. The van der Waals surface area contributed by atoms with E-state index in [-0.39, 0.29) is 0 Å². The van der Waals surface area contributed by atoms with Crippen molar-refractivity contribution in [2.75, 3.05) is 26.0 Å². The molecule has 0 saturated heterocycles. The Kier molecular flexibility index (Phi) is 6.95. The summed E-state index contributed by atoms with van der Waals surface area (Å²) in [6, 6.07) is 16.4. The number of nitrogens with one attached hydrogen (secondary N) is 1. The summed E-state index contributed by atoms with van der Waals surface area (Å²) in [4.78, 5) is 33.6. The Morgan fingerprint density at radius 1 is 1.03 bits per heavy atom. The van der Waals surface area contributed by atoms with Gasteiger partial charge in [-0.2, -0.15) is 0 Å². The molecule has 3 N–H and O–H groups in total. The Bertz CT molecular complexity index is 1280. The number of anilines is 1. The molecule has 4 rings (SSSR count). The number of nitrogens with two attached hydrogens (primary N) is 1. The van der Waals surface area contributed by atoms with Crippen LogP contribution in [0, 0.1) is 0 Å². The molecule has 0 aliphatic rings. The standard InChI is InChI=1S/C25H27N5O3/c1-33-16-13-20-29-21-22(18-11-5-6-12-19(18)28-24(21)26)30(20)15-8-7-14-27-25(32)23(31)17-9-3-2-4-10-17/h2-6,9-12H,7-8,13-16H2,1H3,(H2,26,28)(H,27,32). The summed E-state index contributed by atoms with van der Waals surface area (Å²) in [7, 11) is 1.66. The molecule has 170 valence electrons. The maximum Gasteiger partial charge on any atom is 0.292 e. The number of ketones is 1. The van der Waals surface area contributed by atoms with Gasteiger partial charge >= 0.3 is 0 Å². The van der Waals surface area contributed by atoms with Crippen molar-refractivity contribution >= 4 is 39.4 Å². The van der Waals surface area contributed by atoms with E-state index in [0.29, 0.717) is 43.0 Å². The number of carbonyl (C=O) groups excluding carboxylic acids is 2. The highest BCUT2D eigenvalue weighted by Gasteiger charge is 2.18. The minimum Gasteiger partial charge on any atom is -0.384 e. The van der Waals surface area contributed by atoms with Crippen molar-refractivity contribution in [3.63, 3.8) is 0 Å². The van der Waals surface area contributed by atoms with Crippen LogP contribution < -0.4 is 11.1 Å². The first-order valence-electron chi connectivity index (χ1n) is 11.0. The van der Waals surface area contributed by atoms with E-state index in [4.69, 9.17) is 15.5 Å². The number of nitrogens with zero attached hydrogens (tertiary/aromatic N) is 3. The molecule has 0 bridgehead atoms. The van der Waals surface area contributed by atoms with Gasteiger partial charge in [0.1, 0.15) is 11.3 Å². The second-order valence-electron chi connectivity index (χ2n) is 7.79. The third kappa shape index (κ3) is 4.85. The van der Waals surface area contributed by atoms with Crippen molar-refractivity contribution in [1.82, 2.24) is 19.9 Å². The molecule has 2 aromatic heterocycles. The van der Waals surface area contributed by atoms with Gasteiger partial charge in [-0.25, -0.2) is 9.97 Å². The fraction of sp³-hybridized carbons (Fsp3) is 0.280. The van der Waals surface area contributed by atoms with Crippen molar-refractivity contribution < 1.29 is 14.3 Å². The molecule has 4 aromatic rings. The molecule has 0 unspecified atom stereocenters. The van der Waals surface area contributed by atoms with E-state index < -0.39 is 11.7 Å². The lowest BCUT2D eigenvalue weighted by Gasteiger charge is -2.11. The fourth-order valence-electron chi connectivity index (χ4n) is 3.93. The number of Topliss-reactive ketones (excluding diaryl/α,β-unsaturated/α-hetero) is 1. The SMILES string of the molecule is COCCc1nc2c(N)nc3ccccc3c2n1CCCCNC(=O)C(=O)c1ccccc1. The first-order valence-corrected chi connectivity index (χ1v) is 11.0. The molecule has 8 heteroatoms. The highest BCUT2D eigenvalue weighted by Crippen LogP contribution is 2.29. The zero-order valence-corrected chi connectivity index (χ0v) is 18.6. The topological polar surface area (TPSA) is 112 Å². The molecule has 0 aliphatic heterocycles. The van der Waals surface area contributed by atoms with Gasteiger partial charge < -0.3 is 20.4 Å². The Morgan fingerprint density at radius 3 is 2.58 bits per heavy atom. The first kappa shape index (κ1) is 22.4. The average Bonchev–Trinajstić information content (AvgIpc) is 3.21. The summed E-state index contributed by atoms with van der Waals surface area (Å²) in [5.41, 5.74) is 9.10. The number of fused-ring (bicyclic) bond motifs is 3. The van der Waals surface area contributed by atoms with E-state index in [1.807, 2.05) is 30.3 Å². The zero-order valence-electron chi connectivity index (χ0n) is 18.6. The van der Waals surface area contributed by atoms with E-state index in [9.17, 15) is 9.59 Å². The Labute approximate surface area is 191 Å². The number of rotatable bonds is 10. The van der Waals surface area contributed by atoms with Crippen molar-refractivity contribution in [3.05, 3.63) is 66.0 Å². The van der Waals surface area contributed by atoms with Gasteiger partial charge in [-0.1, -0.05) is 48.5 Å². The quantitative estimate of drug-likeness (QED) is 0.220. The lowest BCUT2D eigenvalue weighted by molar-refractivity contribution is -0.117. The number of carbonyl (C=O) groups is 2. The van der Waals surface area contributed by atoms with E-state index in [1.54, 1.807) is 31.4 Å². The largest absolute Gasteiger partial charge is 0.384 e. The molecule has 0 atom stereocenters. The number of hydrogen-bond donors (Lipinski definition) is 2. The molecule has 0 fully saturated rings. The minimum atomic E-state index is -0.583. The Morgan fingerprint density at radius 2 is 1.79 bits per heavy atom. The van der Waals surface area contributed by atoms with Gasteiger partial charge in [0, 0.05) is 37.6 Å². The highest BCUT2D eigenvalue weighted by molar-refractivity contribution is 6.42. The molecule has 1 amide bonds. The Balaban J connectivity index is 1.46. The third-order valence-electron chi connectivity index (χ3n) is 5.56. The van der Waals surface area contributed by atoms with Crippen LogP contribution >= 0.6 is 0 Å². The summed E-state index contributed by atoms with van der Waals surface area (Å²) in [6.07, 6.45) is 2.17. The van der Waals surface area contributed by atoms with E-state index in [0.717, 1.165) is 35.1 Å². The molecule has 0 spiro atoms. The number of ether oxygens (including phenoxy) is 1. The number of unbranched alkanes of at least 4 members (excludes halogenated alkanes) is 1. The maximum absolute atomic E-state index is 12.2. The first-order chi connectivity index (χ1) is 16.1. The summed E-state index contributed by atoms with van der Waals surface area (Å²) in [5, 5.41) is 3.72. The van der Waals surface area contributed by atoms with Crippen LogP contribution in [0.1, 0.15) is 29.0 Å². The normalized spacial score (nSPS) is 11.2. The number of pyridine rings is 1. The number of aromatic nitrogens is 3. The predicted octanol–water partition coefficient (Wildman–Crippen LogP) is 3.13. The molecule has 0 radical (unpaired) electrons. The monoisotopic (exact) mass is 445 g/mol. The van der Waals surface area contributed by atoms with Crippen LogP contribution in [0.25, 0.3) is 21.9 Å². The number of para-hydroxylation sites is 1. The van der Waals surface area contributed by atoms with Gasteiger partial charge in [0.05, 0.1) is 17.6 Å². The van der Waals surface area contributed by atoms with Crippen LogP contribution in [0.3, 0.4) is 0 Å². The summed E-state index contributed by atoms with van der Waals surface area (Å²) >= 11 is 0. The molecule has 0 aliphatic carbocycles. The highest BCUT2D eigenvalue weighted by atomic mass is 16.5. The molecular weight excluding hydrogens is 418 g/mol. The van der Waals surface area contributed by atoms with Crippen LogP contribution in [0.15, 0.2) is 54.6 Å². The van der Waals surface area contributed by atoms with Crippen molar-refractivity contribution in [2.45, 2.75) is 25.8 Å². The lowest BCUT2D eigenvalue weighted by Crippen LogP contribution is -2.31. The van der Waals surface area contributed by atoms with E-state index in [1.165, 1.54) is 0 Å². The van der Waals surface area contributed by atoms with Gasteiger partial charge in [0.15, 0.2) is 5.82 Å². The number of benzene rings is 2. The summed E-state index contributed by atoms with van der Waals surface area (Å²) < 4.78 is 7.44. The number of nitrogen functional groups attached to an aromatic ring is 1. The molecule has 33 heavy (non-hydrogen) atoms. The van der Waals surface area contributed by atoms with Crippen molar-refractivity contribution in [3.8, 4) is 0 Å². The van der Waals surface area contributed by atoms with E-state index >= 15 is 0 Å².